The van der Waals surface area contributed by atoms with Gasteiger partial charge in [-0.3, -0.25) is 4.98 Å². The van der Waals surface area contributed by atoms with Crippen molar-refractivity contribution in [2.75, 3.05) is 20.3 Å². The molecule has 0 spiro atoms. The number of aromatic nitrogens is 1. The molecule has 1 heterocycles. The fraction of sp³-hybridized carbons (Fsp3) is 0.333. The number of hydrogen-bond donors (Lipinski definition) is 2. The van der Waals surface area contributed by atoms with Crippen molar-refractivity contribution in [1.29, 1.82) is 0 Å². The van der Waals surface area contributed by atoms with Gasteiger partial charge in [-0.15, -0.1) is 0 Å². The minimum absolute atomic E-state index is 0.111. The van der Waals surface area contributed by atoms with Gasteiger partial charge in [-0.2, -0.15) is 0 Å². The van der Waals surface area contributed by atoms with Gasteiger partial charge in [0.1, 0.15) is 12.4 Å². The SMILES string of the molecule is COCCNC(=S)NC(C)c1ccc(OCc2cccnc2)cc1. The topological polar surface area (TPSA) is 55.4 Å². The summed E-state index contributed by atoms with van der Waals surface area (Å²) in [6, 6.07) is 12.0. The Kier molecular flexibility index (Phi) is 7.45. The smallest absolute Gasteiger partial charge is 0.166 e. The van der Waals surface area contributed by atoms with Gasteiger partial charge >= 0.3 is 0 Å². The van der Waals surface area contributed by atoms with Gasteiger partial charge in [-0.05, 0) is 42.9 Å². The first-order valence-corrected chi connectivity index (χ1v) is 8.25. The highest BCUT2D eigenvalue weighted by atomic mass is 32.1. The molecule has 0 amide bonds. The average Bonchev–Trinajstić information content (AvgIpc) is 2.61. The largest absolute Gasteiger partial charge is 0.489 e. The summed E-state index contributed by atoms with van der Waals surface area (Å²) in [7, 11) is 1.67. The van der Waals surface area contributed by atoms with Crippen LogP contribution in [0.3, 0.4) is 0 Å². The van der Waals surface area contributed by atoms with Crippen LogP contribution in [-0.2, 0) is 11.3 Å². The van der Waals surface area contributed by atoms with Gasteiger partial charge in [-0.25, -0.2) is 0 Å². The van der Waals surface area contributed by atoms with Crippen molar-refractivity contribution in [1.82, 2.24) is 15.6 Å². The van der Waals surface area contributed by atoms with Gasteiger partial charge in [0.25, 0.3) is 0 Å². The minimum Gasteiger partial charge on any atom is -0.489 e. The maximum atomic E-state index is 5.76. The molecule has 0 saturated heterocycles. The lowest BCUT2D eigenvalue weighted by Gasteiger charge is -2.17. The van der Waals surface area contributed by atoms with Gasteiger partial charge < -0.3 is 20.1 Å². The molecule has 0 aliphatic heterocycles. The molecule has 0 bridgehead atoms. The van der Waals surface area contributed by atoms with Crippen molar-refractivity contribution in [3.63, 3.8) is 0 Å². The lowest BCUT2D eigenvalue weighted by Crippen LogP contribution is -2.38. The molecule has 1 aromatic heterocycles. The number of benzene rings is 1. The van der Waals surface area contributed by atoms with Crippen LogP contribution in [0.1, 0.15) is 24.1 Å². The van der Waals surface area contributed by atoms with Crippen LogP contribution in [0.2, 0.25) is 0 Å². The fourth-order valence-electron chi connectivity index (χ4n) is 2.10. The van der Waals surface area contributed by atoms with Crippen molar-refractivity contribution in [3.8, 4) is 5.75 Å². The number of hydrogen-bond acceptors (Lipinski definition) is 4. The maximum absolute atomic E-state index is 5.76. The summed E-state index contributed by atoms with van der Waals surface area (Å²) < 4.78 is 10.7. The van der Waals surface area contributed by atoms with E-state index in [0.717, 1.165) is 16.9 Å². The summed E-state index contributed by atoms with van der Waals surface area (Å²) >= 11 is 5.26. The van der Waals surface area contributed by atoms with Gasteiger partial charge in [0.15, 0.2) is 5.11 Å². The molecule has 6 heteroatoms. The molecule has 1 aromatic carbocycles. The van der Waals surface area contributed by atoms with E-state index in [4.69, 9.17) is 21.7 Å². The molecule has 0 saturated carbocycles. The summed E-state index contributed by atoms with van der Waals surface area (Å²) in [6.07, 6.45) is 3.55. The first-order valence-electron chi connectivity index (χ1n) is 7.84. The molecule has 2 rings (SSSR count). The highest BCUT2D eigenvalue weighted by molar-refractivity contribution is 7.80. The molecular weight excluding hydrogens is 322 g/mol. The summed E-state index contributed by atoms with van der Waals surface area (Å²) in [5, 5.41) is 6.97. The summed E-state index contributed by atoms with van der Waals surface area (Å²) in [6.45, 7) is 3.89. The van der Waals surface area contributed by atoms with E-state index in [1.165, 1.54) is 0 Å². The second-order valence-electron chi connectivity index (χ2n) is 5.33. The van der Waals surface area contributed by atoms with Crippen LogP contribution in [0.4, 0.5) is 0 Å². The summed E-state index contributed by atoms with van der Waals surface area (Å²) in [5.41, 5.74) is 2.18. The quantitative estimate of drug-likeness (QED) is 0.567. The third-order valence-electron chi connectivity index (χ3n) is 3.45. The number of ether oxygens (including phenoxy) is 2. The minimum atomic E-state index is 0.111. The Morgan fingerprint density at radius 1 is 1.25 bits per heavy atom. The molecule has 0 radical (unpaired) electrons. The molecule has 5 nitrogen and oxygen atoms in total. The molecule has 1 atom stereocenters. The van der Waals surface area contributed by atoms with E-state index in [1.54, 1.807) is 19.5 Å². The predicted octanol–water partition coefficient (Wildman–Crippen LogP) is 2.83. The molecular formula is C18H23N3O2S. The molecule has 24 heavy (non-hydrogen) atoms. The van der Waals surface area contributed by atoms with Crippen LogP contribution in [-0.4, -0.2) is 30.4 Å². The monoisotopic (exact) mass is 345 g/mol. The van der Waals surface area contributed by atoms with E-state index in [0.29, 0.717) is 24.9 Å². The second kappa shape index (κ2) is 9.85. The van der Waals surface area contributed by atoms with E-state index >= 15 is 0 Å². The number of nitrogens with one attached hydrogen (secondary N) is 2. The van der Waals surface area contributed by atoms with Crippen molar-refractivity contribution in [3.05, 3.63) is 59.9 Å². The van der Waals surface area contributed by atoms with Gasteiger partial charge in [0.05, 0.1) is 12.6 Å². The first-order chi connectivity index (χ1) is 11.7. The van der Waals surface area contributed by atoms with Gasteiger partial charge in [0.2, 0.25) is 0 Å². The van der Waals surface area contributed by atoms with Crippen LogP contribution in [0.25, 0.3) is 0 Å². The normalized spacial score (nSPS) is 11.6. The van der Waals surface area contributed by atoms with E-state index < -0.39 is 0 Å². The standard InChI is InChI=1S/C18H23N3O2S/c1-14(21-18(24)20-10-11-22-2)16-5-7-17(8-6-16)23-13-15-4-3-9-19-12-15/h3-9,12,14H,10-11,13H2,1-2H3,(H2,20,21,24). The lowest BCUT2D eigenvalue weighted by atomic mass is 10.1. The average molecular weight is 345 g/mol. The second-order valence-corrected chi connectivity index (χ2v) is 5.74. The molecule has 2 aromatic rings. The Hall–Kier alpha value is -2.18. The van der Waals surface area contributed by atoms with Crippen molar-refractivity contribution in [2.24, 2.45) is 0 Å². The molecule has 0 aliphatic rings. The first kappa shape index (κ1) is 18.2. The Morgan fingerprint density at radius 2 is 2.04 bits per heavy atom. The van der Waals surface area contributed by atoms with Crippen LogP contribution >= 0.6 is 12.2 Å². The van der Waals surface area contributed by atoms with Crippen molar-refractivity contribution < 1.29 is 9.47 Å². The Balaban J connectivity index is 1.81. The zero-order valence-electron chi connectivity index (χ0n) is 14.0. The van der Waals surface area contributed by atoms with Gasteiger partial charge in [-0.1, -0.05) is 18.2 Å². The molecule has 0 fully saturated rings. The van der Waals surface area contributed by atoms with Crippen molar-refractivity contribution >= 4 is 17.3 Å². The number of nitrogens with zero attached hydrogens (tertiary/aromatic N) is 1. The number of thiocarbonyl (C=S) groups is 1. The molecule has 1 unspecified atom stereocenters. The highest BCUT2D eigenvalue weighted by Crippen LogP contribution is 2.18. The van der Waals surface area contributed by atoms with Crippen LogP contribution in [0.5, 0.6) is 5.75 Å². The Labute approximate surface area is 148 Å². The van der Waals surface area contributed by atoms with Crippen molar-refractivity contribution in [2.45, 2.75) is 19.6 Å². The van der Waals surface area contributed by atoms with Gasteiger partial charge in [0, 0.05) is 31.6 Å². The molecule has 128 valence electrons. The number of methoxy groups -OCH3 is 1. The lowest BCUT2D eigenvalue weighted by molar-refractivity contribution is 0.204. The predicted molar refractivity (Wildman–Crippen MR) is 99.0 cm³/mol. The maximum Gasteiger partial charge on any atom is 0.166 e. The fourth-order valence-corrected chi connectivity index (χ4v) is 2.38. The van der Waals surface area contributed by atoms with Crippen LogP contribution < -0.4 is 15.4 Å². The third-order valence-corrected chi connectivity index (χ3v) is 3.71. The zero-order valence-corrected chi connectivity index (χ0v) is 14.8. The summed E-state index contributed by atoms with van der Waals surface area (Å²) in [4.78, 5) is 4.07. The van der Waals surface area contributed by atoms with E-state index in [9.17, 15) is 0 Å². The van der Waals surface area contributed by atoms with Crippen LogP contribution in [0.15, 0.2) is 48.8 Å². The Morgan fingerprint density at radius 3 is 2.71 bits per heavy atom. The summed E-state index contributed by atoms with van der Waals surface area (Å²) in [5.74, 6) is 0.829. The molecule has 0 aliphatic carbocycles. The van der Waals surface area contributed by atoms with E-state index in [2.05, 4.69) is 22.5 Å². The zero-order chi connectivity index (χ0) is 17.2. The highest BCUT2D eigenvalue weighted by Gasteiger charge is 2.07. The third kappa shape index (κ3) is 6.14. The number of pyridine rings is 1. The molecule has 2 N–H and O–H groups in total. The van der Waals surface area contributed by atoms with Crippen LogP contribution in [0, 0.1) is 0 Å². The number of rotatable bonds is 8. The van der Waals surface area contributed by atoms with E-state index in [-0.39, 0.29) is 6.04 Å². The van der Waals surface area contributed by atoms with E-state index in [1.807, 2.05) is 36.4 Å². The Bertz CT molecular complexity index is 620.